The van der Waals surface area contributed by atoms with Gasteiger partial charge in [0.2, 0.25) is 5.95 Å². The normalized spacial score (nSPS) is 11.6. The smallest absolute Gasteiger partial charge is 0.235 e. The summed E-state index contributed by atoms with van der Waals surface area (Å²) < 4.78 is 2.23. The Morgan fingerprint density at radius 2 is 0.873 bits per heavy atom. The Balaban J connectivity index is 1.03. The van der Waals surface area contributed by atoms with Crippen molar-refractivity contribution in [1.82, 2.24) is 14.5 Å². The first-order valence-corrected chi connectivity index (χ1v) is 18.7. The van der Waals surface area contributed by atoms with Gasteiger partial charge in [-0.15, -0.1) is 0 Å². The summed E-state index contributed by atoms with van der Waals surface area (Å²) in [6.45, 7) is 0. The van der Waals surface area contributed by atoms with Crippen molar-refractivity contribution < 1.29 is 0 Å². The minimum Gasteiger partial charge on any atom is -0.278 e. The van der Waals surface area contributed by atoms with E-state index < -0.39 is 0 Å². The van der Waals surface area contributed by atoms with Gasteiger partial charge >= 0.3 is 0 Å². The summed E-state index contributed by atoms with van der Waals surface area (Å²) in [5.41, 5.74) is 11.0. The molecule has 0 aliphatic carbocycles. The number of hydrogen-bond donors (Lipinski definition) is 0. The van der Waals surface area contributed by atoms with Crippen molar-refractivity contribution in [3.05, 3.63) is 200 Å². The summed E-state index contributed by atoms with van der Waals surface area (Å²) in [6, 6.07) is 71.6. The van der Waals surface area contributed by atoms with Crippen LogP contribution in [-0.4, -0.2) is 14.5 Å². The molecule has 3 heteroatoms. The lowest BCUT2D eigenvalue weighted by Gasteiger charge is -2.12. The van der Waals surface area contributed by atoms with Crippen LogP contribution < -0.4 is 0 Å². The molecule has 0 aliphatic heterocycles. The summed E-state index contributed by atoms with van der Waals surface area (Å²) in [5, 5.41) is 9.79. The van der Waals surface area contributed by atoms with Crippen LogP contribution in [0.2, 0.25) is 0 Å². The standard InChI is InChI=1S/C52H33N3/c1-3-13-35(14-4-1)47-33-48(36-15-5-2-6-16-36)54-52(53-47)55-49-21-10-9-19-46(49)51-45-28-26-40(32-42(45)27-29-50(51)55)37-22-23-39-31-41(25-24-38(39)30-37)44-20-11-17-34-12-7-8-18-43(34)44/h1-33H. The third-order valence-electron chi connectivity index (χ3n) is 11.0. The van der Waals surface area contributed by atoms with Crippen LogP contribution in [0, 0.1) is 0 Å². The Bertz CT molecular complexity index is 3190. The summed E-state index contributed by atoms with van der Waals surface area (Å²) in [6.07, 6.45) is 0. The van der Waals surface area contributed by atoms with Crippen molar-refractivity contribution in [2.75, 3.05) is 0 Å². The number of para-hydroxylation sites is 1. The lowest BCUT2D eigenvalue weighted by Crippen LogP contribution is -2.03. The molecule has 11 rings (SSSR count). The highest BCUT2D eigenvalue weighted by atomic mass is 15.2. The average Bonchev–Trinajstić information content (AvgIpc) is 3.61. The summed E-state index contributed by atoms with van der Waals surface area (Å²) in [5.74, 6) is 0.655. The topological polar surface area (TPSA) is 30.7 Å². The van der Waals surface area contributed by atoms with Crippen LogP contribution in [0.5, 0.6) is 0 Å². The molecule has 0 bridgehead atoms. The van der Waals surface area contributed by atoms with Crippen molar-refractivity contribution in [1.29, 1.82) is 0 Å². The molecule has 55 heavy (non-hydrogen) atoms. The Kier molecular flexibility index (Phi) is 7.17. The van der Waals surface area contributed by atoms with Gasteiger partial charge in [-0.1, -0.05) is 164 Å². The van der Waals surface area contributed by atoms with Crippen LogP contribution >= 0.6 is 0 Å². The molecule has 0 N–H and O–H groups in total. The maximum Gasteiger partial charge on any atom is 0.235 e. The van der Waals surface area contributed by atoms with E-state index in [1.807, 2.05) is 12.1 Å². The number of nitrogens with zero attached hydrogens (tertiary/aromatic N) is 3. The molecule has 0 spiro atoms. The first-order chi connectivity index (χ1) is 27.2. The molecule has 0 unspecified atom stereocenters. The highest BCUT2D eigenvalue weighted by Gasteiger charge is 2.19. The lowest BCUT2D eigenvalue weighted by molar-refractivity contribution is 0.996. The number of aromatic nitrogens is 3. The van der Waals surface area contributed by atoms with Gasteiger partial charge in [0, 0.05) is 21.9 Å². The van der Waals surface area contributed by atoms with E-state index in [1.165, 1.54) is 65.3 Å². The number of benzene rings is 9. The quantitative estimate of drug-likeness (QED) is 0.179. The van der Waals surface area contributed by atoms with E-state index in [0.717, 1.165) is 33.5 Å². The zero-order valence-electron chi connectivity index (χ0n) is 29.9. The monoisotopic (exact) mass is 699 g/mol. The van der Waals surface area contributed by atoms with E-state index in [2.05, 4.69) is 193 Å². The Labute approximate surface area is 318 Å². The van der Waals surface area contributed by atoms with Gasteiger partial charge in [0.25, 0.3) is 0 Å². The predicted octanol–water partition coefficient (Wildman–Crippen LogP) is 13.7. The molecule has 0 amide bonds. The first-order valence-electron chi connectivity index (χ1n) is 18.7. The zero-order valence-corrected chi connectivity index (χ0v) is 29.9. The van der Waals surface area contributed by atoms with Crippen molar-refractivity contribution >= 4 is 54.1 Å². The van der Waals surface area contributed by atoms with E-state index in [9.17, 15) is 0 Å². The largest absolute Gasteiger partial charge is 0.278 e. The second-order valence-electron chi connectivity index (χ2n) is 14.2. The van der Waals surface area contributed by atoms with Crippen molar-refractivity contribution in [2.24, 2.45) is 0 Å². The van der Waals surface area contributed by atoms with E-state index in [1.54, 1.807) is 0 Å². The van der Waals surface area contributed by atoms with Gasteiger partial charge < -0.3 is 0 Å². The molecule has 0 saturated carbocycles. The van der Waals surface area contributed by atoms with Gasteiger partial charge in [-0.25, -0.2) is 9.97 Å². The molecule has 9 aromatic carbocycles. The molecule has 0 fully saturated rings. The summed E-state index contributed by atoms with van der Waals surface area (Å²) in [4.78, 5) is 10.4. The first kappa shape index (κ1) is 31.2. The molecule has 11 aromatic rings. The van der Waals surface area contributed by atoms with E-state index >= 15 is 0 Å². The minimum absolute atomic E-state index is 0.655. The molecule has 2 heterocycles. The maximum absolute atomic E-state index is 5.22. The van der Waals surface area contributed by atoms with Crippen LogP contribution in [0.1, 0.15) is 0 Å². The Morgan fingerprint density at radius 3 is 1.62 bits per heavy atom. The van der Waals surface area contributed by atoms with E-state index in [4.69, 9.17) is 9.97 Å². The molecule has 2 aromatic heterocycles. The predicted molar refractivity (Wildman–Crippen MR) is 231 cm³/mol. The minimum atomic E-state index is 0.655. The Morgan fingerprint density at radius 1 is 0.309 bits per heavy atom. The van der Waals surface area contributed by atoms with Gasteiger partial charge in [-0.05, 0) is 91.0 Å². The molecular weight excluding hydrogens is 667 g/mol. The highest BCUT2D eigenvalue weighted by molar-refractivity contribution is 6.21. The van der Waals surface area contributed by atoms with Crippen molar-refractivity contribution in [3.8, 4) is 50.7 Å². The van der Waals surface area contributed by atoms with Gasteiger partial charge in [0.15, 0.2) is 0 Å². The van der Waals surface area contributed by atoms with Crippen molar-refractivity contribution in [3.63, 3.8) is 0 Å². The lowest BCUT2D eigenvalue weighted by atomic mass is 9.94. The Hall–Kier alpha value is -7.36. The van der Waals surface area contributed by atoms with Gasteiger partial charge in [0.1, 0.15) is 0 Å². The van der Waals surface area contributed by atoms with Crippen LogP contribution in [-0.2, 0) is 0 Å². The second-order valence-corrected chi connectivity index (χ2v) is 14.2. The van der Waals surface area contributed by atoms with Gasteiger partial charge in [0.05, 0.1) is 22.4 Å². The fourth-order valence-electron chi connectivity index (χ4n) is 8.31. The molecule has 0 aliphatic rings. The van der Waals surface area contributed by atoms with E-state index in [0.29, 0.717) is 5.95 Å². The average molecular weight is 700 g/mol. The summed E-state index contributed by atoms with van der Waals surface area (Å²) in [7, 11) is 0. The van der Waals surface area contributed by atoms with Gasteiger partial charge in [-0.3, -0.25) is 4.57 Å². The molecule has 0 radical (unpaired) electrons. The fourth-order valence-corrected chi connectivity index (χ4v) is 8.31. The zero-order chi connectivity index (χ0) is 36.3. The number of rotatable bonds is 5. The number of fused-ring (bicyclic) bond motifs is 7. The summed E-state index contributed by atoms with van der Waals surface area (Å²) >= 11 is 0. The van der Waals surface area contributed by atoms with Crippen molar-refractivity contribution in [2.45, 2.75) is 0 Å². The van der Waals surface area contributed by atoms with E-state index in [-0.39, 0.29) is 0 Å². The highest BCUT2D eigenvalue weighted by Crippen LogP contribution is 2.39. The van der Waals surface area contributed by atoms with Crippen LogP contribution in [0.25, 0.3) is 105 Å². The van der Waals surface area contributed by atoms with Crippen LogP contribution in [0.3, 0.4) is 0 Å². The number of hydrogen-bond acceptors (Lipinski definition) is 2. The molecule has 3 nitrogen and oxygen atoms in total. The third-order valence-corrected chi connectivity index (χ3v) is 11.0. The molecular formula is C52H33N3. The molecule has 0 saturated heterocycles. The van der Waals surface area contributed by atoms with Crippen LogP contribution in [0.15, 0.2) is 200 Å². The van der Waals surface area contributed by atoms with Gasteiger partial charge in [-0.2, -0.15) is 0 Å². The van der Waals surface area contributed by atoms with Crippen LogP contribution in [0.4, 0.5) is 0 Å². The molecule has 0 atom stereocenters. The fraction of sp³-hybridized carbons (Fsp3) is 0. The molecule has 256 valence electrons. The third kappa shape index (κ3) is 5.28. The second kappa shape index (κ2) is 12.6. The SMILES string of the molecule is c1ccc(-c2cc(-c3ccccc3)nc(-n3c4ccccc4c4c5ccc(-c6ccc7cc(-c8cccc9ccccc89)ccc7c6)cc5ccc43)n2)cc1. The maximum atomic E-state index is 5.22.